The number of fused-ring (bicyclic) bond motifs is 1. The van der Waals surface area contributed by atoms with Gasteiger partial charge in [-0.25, -0.2) is 0 Å². The zero-order valence-corrected chi connectivity index (χ0v) is 17.6. The van der Waals surface area contributed by atoms with Crippen molar-refractivity contribution in [3.05, 3.63) is 22.7 Å². The number of benzene rings is 1. The summed E-state index contributed by atoms with van der Waals surface area (Å²) >= 11 is 6.32. The zero-order valence-electron chi connectivity index (χ0n) is 16.9. The first-order valence-corrected chi connectivity index (χ1v) is 10.9. The van der Waals surface area contributed by atoms with Crippen LogP contribution in [0.2, 0.25) is 5.02 Å². The summed E-state index contributed by atoms with van der Waals surface area (Å²) in [4.78, 5) is 19.0. The molecule has 1 saturated carbocycles. The van der Waals surface area contributed by atoms with E-state index in [9.17, 15) is 4.79 Å². The average molecular weight is 421 g/mol. The van der Waals surface area contributed by atoms with Gasteiger partial charge in [0.2, 0.25) is 5.91 Å². The lowest BCUT2D eigenvalue weighted by atomic mass is 10.1. The largest absolute Gasteiger partial charge is 0.486 e. The summed E-state index contributed by atoms with van der Waals surface area (Å²) in [5.41, 5.74) is 0.992. The molecule has 158 valence electrons. The van der Waals surface area contributed by atoms with Crippen LogP contribution < -0.4 is 20.1 Å². The van der Waals surface area contributed by atoms with Crippen LogP contribution in [0.15, 0.2) is 17.1 Å². The maximum atomic E-state index is 12.6. The van der Waals surface area contributed by atoms with Gasteiger partial charge in [-0.05, 0) is 37.0 Å². The van der Waals surface area contributed by atoms with Gasteiger partial charge in [-0.15, -0.1) is 0 Å². The van der Waals surface area contributed by atoms with Crippen LogP contribution in [0.3, 0.4) is 0 Å². The van der Waals surface area contributed by atoms with Gasteiger partial charge in [-0.3, -0.25) is 9.79 Å². The van der Waals surface area contributed by atoms with E-state index in [0.29, 0.717) is 42.2 Å². The molecule has 8 heteroatoms. The number of aliphatic imine (C=N–C) groups is 1. The van der Waals surface area contributed by atoms with E-state index in [4.69, 9.17) is 21.1 Å². The second-order valence-corrected chi connectivity index (χ2v) is 8.33. The normalized spacial score (nSPS) is 22.1. The van der Waals surface area contributed by atoms with Gasteiger partial charge in [0.15, 0.2) is 17.5 Å². The molecule has 1 aromatic rings. The third kappa shape index (κ3) is 4.71. The monoisotopic (exact) mass is 420 g/mol. The van der Waals surface area contributed by atoms with Gasteiger partial charge in [0, 0.05) is 38.6 Å². The number of carbonyl (C=O) groups excluding carboxylic acids is 1. The highest BCUT2D eigenvalue weighted by molar-refractivity contribution is 6.32. The number of rotatable bonds is 4. The molecule has 1 unspecified atom stereocenters. The fourth-order valence-electron chi connectivity index (χ4n) is 4.35. The van der Waals surface area contributed by atoms with Crippen molar-refractivity contribution in [1.82, 2.24) is 15.5 Å². The van der Waals surface area contributed by atoms with E-state index in [1.165, 1.54) is 12.8 Å². The lowest BCUT2D eigenvalue weighted by Crippen LogP contribution is -2.45. The highest BCUT2D eigenvalue weighted by Crippen LogP contribution is 2.38. The van der Waals surface area contributed by atoms with E-state index < -0.39 is 0 Å². The first-order chi connectivity index (χ1) is 14.1. The summed E-state index contributed by atoms with van der Waals surface area (Å²) in [6.07, 6.45) is 5.41. The van der Waals surface area contributed by atoms with Gasteiger partial charge >= 0.3 is 0 Å². The summed E-state index contributed by atoms with van der Waals surface area (Å²) in [5.74, 6) is 2.59. The fourth-order valence-corrected chi connectivity index (χ4v) is 4.64. The van der Waals surface area contributed by atoms with E-state index in [1.54, 1.807) is 7.05 Å². The van der Waals surface area contributed by atoms with Crippen molar-refractivity contribution in [3.63, 3.8) is 0 Å². The zero-order chi connectivity index (χ0) is 20.2. The van der Waals surface area contributed by atoms with Gasteiger partial charge in [-0.2, -0.15) is 0 Å². The minimum atomic E-state index is 0.218. The van der Waals surface area contributed by atoms with Gasteiger partial charge < -0.3 is 25.0 Å². The maximum Gasteiger partial charge on any atom is 0.225 e. The number of nitrogens with zero attached hydrogens (tertiary/aromatic N) is 2. The van der Waals surface area contributed by atoms with Crippen LogP contribution in [0.1, 0.15) is 37.7 Å². The van der Waals surface area contributed by atoms with Gasteiger partial charge in [0.1, 0.15) is 13.2 Å². The van der Waals surface area contributed by atoms with Crippen LogP contribution in [0.4, 0.5) is 0 Å². The van der Waals surface area contributed by atoms with E-state index in [-0.39, 0.29) is 12.0 Å². The molecule has 2 heterocycles. The van der Waals surface area contributed by atoms with Crippen molar-refractivity contribution >= 4 is 23.5 Å². The lowest BCUT2D eigenvalue weighted by Gasteiger charge is -2.22. The Kier molecular flexibility index (Phi) is 6.33. The molecule has 0 spiro atoms. The van der Waals surface area contributed by atoms with Crippen molar-refractivity contribution in [2.75, 3.05) is 33.4 Å². The van der Waals surface area contributed by atoms with Crippen LogP contribution in [-0.4, -0.2) is 56.2 Å². The topological polar surface area (TPSA) is 75.2 Å². The van der Waals surface area contributed by atoms with Crippen LogP contribution in [0.5, 0.6) is 11.5 Å². The standard InChI is InChI=1S/C21H29ClN4O3/c1-23-21(24-12-14-10-17(22)19-18(11-14)28-8-9-29-19)25-16-6-7-26(13-16)20(27)15-4-2-3-5-15/h10-11,15-16H,2-9,12-13H2,1H3,(H2,23,24,25). The molecular formula is C21H29ClN4O3. The highest BCUT2D eigenvalue weighted by atomic mass is 35.5. The van der Waals surface area contributed by atoms with Gasteiger partial charge in [-0.1, -0.05) is 24.4 Å². The summed E-state index contributed by atoms with van der Waals surface area (Å²) in [7, 11) is 1.75. The lowest BCUT2D eigenvalue weighted by molar-refractivity contribution is -0.134. The van der Waals surface area contributed by atoms with Crippen LogP contribution in [0, 0.1) is 5.92 Å². The van der Waals surface area contributed by atoms with Crippen molar-refractivity contribution in [2.45, 2.75) is 44.7 Å². The third-order valence-electron chi connectivity index (χ3n) is 5.89. The molecule has 1 saturated heterocycles. The predicted octanol–water partition coefficient (Wildman–Crippen LogP) is 2.57. The Morgan fingerprint density at radius 2 is 2.03 bits per heavy atom. The molecule has 0 aromatic heterocycles. The Labute approximate surface area is 176 Å². The van der Waals surface area contributed by atoms with Gasteiger partial charge in [0.25, 0.3) is 0 Å². The third-order valence-corrected chi connectivity index (χ3v) is 6.17. The van der Waals surface area contributed by atoms with E-state index in [0.717, 1.165) is 43.9 Å². The molecule has 3 aliphatic rings. The number of likely N-dealkylation sites (tertiary alicyclic amines) is 1. The quantitative estimate of drug-likeness (QED) is 0.578. The van der Waals surface area contributed by atoms with Gasteiger partial charge in [0.05, 0.1) is 5.02 Å². The number of halogens is 1. The number of ether oxygens (including phenoxy) is 2. The predicted molar refractivity (Wildman–Crippen MR) is 113 cm³/mol. The molecule has 1 atom stereocenters. The Morgan fingerprint density at radius 1 is 1.24 bits per heavy atom. The van der Waals surface area contributed by atoms with Crippen LogP contribution in [-0.2, 0) is 11.3 Å². The minimum Gasteiger partial charge on any atom is -0.486 e. The molecule has 0 bridgehead atoms. The molecule has 1 aromatic carbocycles. The second-order valence-electron chi connectivity index (χ2n) is 7.92. The number of carbonyl (C=O) groups is 1. The van der Waals surface area contributed by atoms with Crippen molar-refractivity contribution in [2.24, 2.45) is 10.9 Å². The Hall–Kier alpha value is -2.15. The molecule has 1 amide bonds. The van der Waals surface area contributed by atoms with Crippen LogP contribution in [0.25, 0.3) is 0 Å². The number of guanidine groups is 1. The first-order valence-electron chi connectivity index (χ1n) is 10.5. The van der Waals surface area contributed by atoms with E-state index >= 15 is 0 Å². The number of hydrogen-bond acceptors (Lipinski definition) is 4. The highest BCUT2D eigenvalue weighted by Gasteiger charge is 2.32. The van der Waals surface area contributed by atoms with Crippen molar-refractivity contribution in [1.29, 1.82) is 0 Å². The van der Waals surface area contributed by atoms with Crippen LogP contribution >= 0.6 is 11.6 Å². The molecule has 0 radical (unpaired) electrons. The smallest absolute Gasteiger partial charge is 0.225 e. The van der Waals surface area contributed by atoms with E-state index in [2.05, 4.69) is 15.6 Å². The summed E-state index contributed by atoms with van der Waals surface area (Å²) < 4.78 is 11.2. The number of hydrogen-bond donors (Lipinski definition) is 2. The molecule has 2 fully saturated rings. The average Bonchev–Trinajstić information content (AvgIpc) is 3.43. The summed E-state index contributed by atoms with van der Waals surface area (Å²) in [6.45, 7) is 3.17. The fraction of sp³-hybridized carbons (Fsp3) is 0.619. The van der Waals surface area contributed by atoms with Crippen molar-refractivity contribution in [3.8, 4) is 11.5 Å². The molecular weight excluding hydrogens is 392 g/mol. The molecule has 29 heavy (non-hydrogen) atoms. The number of amides is 1. The van der Waals surface area contributed by atoms with E-state index in [1.807, 2.05) is 17.0 Å². The molecule has 7 nitrogen and oxygen atoms in total. The Morgan fingerprint density at radius 3 is 2.83 bits per heavy atom. The maximum absolute atomic E-state index is 12.6. The number of nitrogens with one attached hydrogen (secondary N) is 2. The second kappa shape index (κ2) is 9.11. The molecule has 1 aliphatic carbocycles. The SMILES string of the molecule is CN=C(NCc1cc(Cl)c2c(c1)OCCO2)NC1CCN(C(=O)C2CCCC2)C1. The summed E-state index contributed by atoms with van der Waals surface area (Å²) in [6, 6.07) is 4.04. The minimum absolute atomic E-state index is 0.218. The first kappa shape index (κ1) is 20.1. The summed E-state index contributed by atoms with van der Waals surface area (Å²) in [5, 5.41) is 7.32. The Bertz CT molecular complexity index is 779. The molecule has 2 N–H and O–H groups in total. The van der Waals surface area contributed by atoms with Crippen molar-refractivity contribution < 1.29 is 14.3 Å². The Balaban J connectivity index is 1.29. The molecule has 4 rings (SSSR count). The molecule has 2 aliphatic heterocycles.